The van der Waals surface area contributed by atoms with Gasteiger partial charge in [-0.15, -0.1) is 0 Å². The Morgan fingerprint density at radius 2 is 1.58 bits per heavy atom. The van der Waals surface area contributed by atoms with Crippen molar-refractivity contribution in [3.05, 3.63) is 54.6 Å². The number of methoxy groups -OCH3 is 2. The highest BCUT2D eigenvalue weighted by atomic mass is 16.7. The number of urea groups is 1. The van der Waals surface area contributed by atoms with E-state index in [-0.39, 0.29) is 6.03 Å². The summed E-state index contributed by atoms with van der Waals surface area (Å²) in [7, 11) is 4.74. The van der Waals surface area contributed by atoms with Crippen LogP contribution in [0.25, 0.3) is 0 Å². The number of hydrogen-bond donors (Lipinski definition) is 1. The highest BCUT2D eigenvalue weighted by Crippen LogP contribution is 2.22. The molecule has 0 radical (unpaired) electrons. The maximum absolute atomic E-state index is 12.1. The molecule has 2 amide bonds. The van der Waals surface area contributed by atoms with E-state index in [1.54, 1.807) is 31.3 Å². The molecule has 128 valence electrons. The van der Waals surface area contributed by atoms with Gasteiger partial charge in [-0.1, -0.05) is 18.2 Å². The molecule has 0 saturated heterocycles. The third kappa shape index (κ3) is 5.26. The van der Waals surface area contributed by atoms with Crippen LogP contribution in [0, 0.1) is 0 Å². The van der Waals surface area contributed by atoms with Crippen LogP contribution in [0.4, 0.5) is 10.5 Å². The number of carbonyl (C=O) groups is 1. The summed E-state index contributed by atoms with van der Waals surface area (Å²) in [5.74, 6) is 1.46. The molecule has 0 bridgehead atoms. The molecule has 0 fully saturated rings. The Morgan fingerprint density at radius 1 is 1.00 bits per heavy atom. The smallest absolute Gasteiger partial charge is 0.321 e. The van der Waals surface area contributed by atoms with Crippen molar-refractivity contribution in [2.75, 3.05) is 33.1 Å². The van der Waals surface area contributed by atoms with Crippen molar-refractivity contribution in [3.8, 4) is 11.5 Å². The van der Waals surface area contributed by atoms with Crippen LogP contribution < -0.4 is 10.1 Å². The molecular weight excluding hydrogens is 308 g/mol. The Balaban J connectivity index is 1.90. The van der Waals surface area contributed by atoms with E-state index in [0.717, 1.165) is 5.75 Å². The number of likely N-dealkylation sites (N-methyl/N-ethyl adjacent to an activating group) is 1. The molecule has 6 nitrogen and oxygen atoms in total. The molecule has 0 heterocycles. The zero-order valence-electron chi connectivity index (χ0n) is 14.1. The molecule has 24 heavy (non-hydrogen) atoms. The van der Waals surface area contributed by atoms with E-state index in [2.05, 4.69) is 5.32 Å². The van der Waals surface area contributed by atoms with Gasteiger partial charge in [0.2, 0.25) is 0 Å². The minimum Gasteiger partial charge on any atom is -0.457 e. The number of amides is 2. The summed E-state index contributed by atoms with van der Waals surface area (Å²) in [5, 5.41) is 2.81. The van der Waals surface area contributed by atoms with Crippen molar-refractivity contribution in [1.29, 1.82) is 0 Å². The average molecular weight is 330 g/mol. The van der Waals surface area contributed by atoms with E-state index in [1.165, 1.54) is 19.1 Å². The quantitative estimate of drug-likeness (QED) is 0.789. The molecule has 0 aliphatic rings. The van der Waals surface area contributed by atoms with Gasteiger partial charge in [-0.2, -0.15) is 0 Å². The molecule has 6 heteroatoms. The van der Waals surface area contributed by atoms with Gasteiger partial charge in [0, 0.05) is 27.0 Å². The number of anilines is 1. The molecule has 0 aliphatic carbocycles. The van der Waals surface area contributed by atoms with Gasteiger partial charge in [0.25, 0.3) is 0 Å². The van der Waals surface area contributed by atoms with Gasteiger partial charge >= 0.3 is 6.03 Å². The number of nitrogens with zero attached hydrogens (tertiary/aromatic N) is 1. The van der Waals surface area contributed by atoms with Crippen LogP contribution >= 0.6 is 0 Å². The first-order valence-electron chi connectivity index (χ1n) is 7.53. The zero-order valence-corrected chi connectivity index (χ0v) is 14.1. The van der Waals surface area contributed by atoms with Gasteiger partial charge in [-0.25, -0.2) is 4.79 Å². The van der Waals surface area contributed by atoms with Gasteiger partial charge in [-0.3, -0.25) is 0 Å². The van der Waals surface area contributed by atoms with Crippen molar-refractivity contribution in [1.82, 2.24) is 4.90 Å². The van der Waals surface area contributed by atoms with E-state index in [4.69, 9.17) is 14.2 Å². The van der Waals surface area contributed by atoms with E-state index < -0.39 is 6.29 Å². The monoisotopic (exact) mass is 330 g/mol. The second-order valence-electron chi connectivity index (χ2n) is 5.15. The van der Waals surface area contributed by atoms with Crippen molar-refractivity contribution in [3.63, 3.8) is 0 Å². The maximum atomic E-state index is 12.1. The third-order valence-corrected chi connectivity index (χ3v) is 3.38. The lowest BCUT2D eigenvalue weighted by Crippen LogP contribution is -2.38. The molecule has 2 rings (SSSR count). The fraction of sp³-hybridized carbons (Fsp3) is 0.278. The fourth-order valence-corrected chi connectivity index (χ4v) is 2.00. The number of benzene rings is 2. The molecule has 0 saturated carbocycles. The summed E-state index contributed by atoms with van der Waals surface area (Å²) < 4.78 is 15.9. The van der Waals surface area contributed by atoms with Crippen LogP contribution in [0.3, 0.4) is 0 Å². The van der Waals surface area contributed by atoms with Crippen molar-refractivity contribution >= 4 is 11.7 Å². The van der Waals surface area contributed by atoms with E-state index in [9.17, 15) is 4.79 Å². The summed E-state index contributed by atoms with van der Waals surface area (Å²) >= 11 is 0. The Morgan fingerprint density at radius 3 is 2.17 bits per heavy atom. The summed E-state index contributed by atoms with van der Waals surface area (Å²) in [4.78, 5) is 13.6. The third-order valence-electron chi connectivity index (χ3n) is 3.38. The number of para-hydroxylation sites is 1. The maximum Gasteiger partial charge on any atom is 0.321 e. The lowest BCUT2D eigenvalue weighted by molar-refractivity contribution is -0.108. The average Bonchev–Trinajstić information content (AvgIpc) is 2.62. The van der Waals surface area contributed by atoms with Crippen LogP contribution in [-0.2, 0) is 9.47 Å². The Hall–Kier alpha value is -2.57. The first-order chi connectivity index (χ1) is 11.6. The topological polar surface area (TPSA) is 60.0 Å². The number of rotatable bonds is 7. The second-order valence-corrected chi connectivity index (χ2v) is 5.15. The van der Waals surface area contributed by atoms with Gasteiger partial charge in [0.05, 0.1) is 6.54 Å². The van der Waals surface area contributed by atoms with E-state index in [0.29, 0.717) is 18.0 Å². The minimum absolute atomic E-state index is 0.245. The van der Waals surface area contributed by atoms with Crippen LogP contribution in [0.15, 0.2) is 54.6 Å². The molecular formula is C18H22N2O4. The molecule has 0 aromatic heterocycles. The molecule has 2 aromatic rings. The largest absolute Gasteiger partial charge is 0.457 e. The molecule has 0 unspecified atom stereocenters. The van der Waals surface area contributed by atoms with Crippen LogP contribution in [-0.4, -0.2) is 45.0 Å². The lowest BCUT2D eigenvalue weighted by Gasteiger charge is -2.22. The zero-order chi connectivity index (χ0) is 17.4. The first kappa shape index (κ1) is 17.8. The summed E-state index contributed by atoms with van der Waals surface area (Å²) in [6, 6.07) is 16.4. The predicted octanol–water partition coefficient (Wildman–Crippen LogP) is 3.56. The minimum atomic E-state index is -0.456. The van der Waals surface area contributed by atoms with Crippen molar-refractivity contribution in [2.24, 2.45) is 0 Å². The molecule has 0 spiro atoms. The normalized spacial score (nSPS) is 10.5. The van der Waals surface area contributed by atoms with Crippen LogP contribution in [0.1, 0.15) is 0 Å². The molecule has 1 N–H and O–H groups in total. The van der Waals surface area contributed by atoms with Crippen LogP contribution in [0.5, 0.6) is 11.5 Å². The van der Waals surface area contributed by atoms with Crippen molar-refractivity contribution < 1.29 is 19.0 Å². The summed E-state index contributed by atoms with van der Waals surface area (Å²) in [5.41, 5.74) is 0.679. The molecule has 0 atom stereocenters. The number of hydrogen-bond acceptors (Lipinski definition) is 4. The molecule has 0 aliphatic heterocycles. The standard InChI is InChI=1S/C18H22N2O4/c1-20(13-17(22-2)23-3)18(21)19-14-9-11-16(12-10-14)24-15-7-5-4-6-8-15/h4-12,17H,13H2,1-3H3,(H,19,21). The summed E-state index contributed by atoms with van der Waals surface area (Å²) in [6.07, 6.45) is -0.456. The highest BCUT2D eigenvalue weighted by Gasteiger charge is 2.14. The highest BCUT2D eigenvalue weighted by molar-refractivity contribution is 5.89. The molecule has 2 aromatic carbocycles. The van der Waals surface area contributed by atoms with Gasteiger partial charge < -0.3 is 24.4 Å². The van der Waals surface area contributed by atoms with Crippen LogP contribution in [0.2, 0.25) is 0 Å². The lowest BCUT2D eigenvalue weighted by atomic mass is 10.3. The SMILES string of the molecule is COC(CN(C)C(=O)Nc1ccc(Oc2ccccc2)cc1)OC. The van der Waals surface area contributed by atoms with Gasteiger partial charge in [0.15, 0.2) is 6.29 Å². The van der Waals surface area contributed by atoms with Gasteiger partial charge in [-0.05, 0) is 36.4 Å². The Kier molecular flexibility index (Phi) is 6.60. The summed E-state index contributed by atoms with van der Waals surface area (Å²) in [6.45, 7) is 0.327. The van der Waals surface area contributed by atoms with E-state index >= 15 is 0 Å². The van der Waals surface area contributed by atoms with Crippen molar-refractivity contribution in [2.45, 2.75) is 6.29 Å². The number of carbonyl (C=O) groups excluding carboxylic acids is 1. The van der Waals surface area contributed by atoms with Gasteiger partial charge in [0.1, 0.15) is 11.5 Å². The van der Waals surface area contributed by atoms with E-state index in [1.807, 2.05) is 30.3 Å². The Bertz CT molecular complexity index is 627. The number of ether oxygens (including phenoxy) is 3. The predicted molar refractivity (Wildman–Crippen MR) is 92.4 cm³/mol. The fourth-order valence-electron chi connectivity index (χ4n) is 2.00. The second kappa shape index (κ2) is 8.90. The number of nitrogens with one attached hydrogen (secondary N) is 1. The Labute approximate surface area is 141 Å². The first-order valence-corrected chi connectivity index (χ1v) is 7.53.